The first-order valence-corrected chi connectivity index (χ1v) is 10.8. The van der Waals surface area contributed by atoms with Gasteiger partial charge in [0.15, 0.2) is 6.04 Å². The summed E-state index contributed by atoms with van der Waals surface area (Å²) in [5.41, 5.74) is 0.450. The lowest BCUT2D eigenvalue weighted by molar-refractivity contribution is -0.145. The monoisotopic (exact) mass is 482 g/mol. The van der Waals surface area contributed by atoms with Gasteiger partial charge < -0.3 is 41.6 Å². The number of H-pyrrole nitrogens is 1. The van der Waals surface area contributed by atoms with Crippen LogP contribution >= 0.6 is 0 Å². The van der Waals surface area contributed by atoms with E-state index >= 15 is 0 Å². The number of aliphatic carboxylic acids is 2. The molecule has 0 aromatic carbocycles. The topological polar surface area (TPSA) is 223 Å². The first-order valence-electron chi connectivity index (χ1n) is 10.8. The second-order valence-corrected chi connectivity index (χ2v) is 8.05. The maximum absolute atomic E-state index is 13.0. The summed E-state index contributed by atoms with van der Waals surface area (Å²) in [4.78, 5) is 67.3. The fraction of sp³-hybridized carbons (Fsp3) is 0.600. The standard InChI is InChI=1S/C20H30N6O8/c1-10(27)16(20(33)34)26-19(32)14(7-11-8-21-9-23-11)25-18(31)13(4-5-15(28)29)24-17(30)12-3-2-6-22-12/h8-10,12-14,16,22,27H,2-7H2,1H3,(H,21,23)(H,24,30)(H,25,31)(H,26,32)(H,28,29)(H,33,34). The van der Waals surface area contributed by atoms with E-state index in [1.807, 2.05) is 0 Å². The third kappa shape index (κ3) is 8.12. The summed E-state index contributed by atoms with van der Waals surface area (Å²) in [6.07, 6.45) is 1.97. The fourth-order valence-corrected chi connectivity index (χ4v) is 3.46. The van der Waals surface area contributed by atoms with Gasteiger partial charge in [-0.05, 0) is 32.7 Å². The Morgan fingerprint density at radius 1 is 1.12 bits per heavy atom. The molecule has 1 aromatic heterocycles. The molecule has 2 heterocycles. The van der Waals surface area contributed by atoms with Crippen molar-refractivity contribution in [3.63, 3.8) is 0 Å². The molecule has 0 spiro atoms. The van der Waals surface area contributed by atoms with Crippen LogP contribution < -0.4 is 21.3 Å². The molecule has 1 aromatic rings. The van der Waals surface area contributed by atoms with Gasteiger partial charge in [0.1, 0.15) is 12.1 Å². The molecule has 5 unspecified atom stereocenters. The van der Waals surface area contributed by atoms with Crippen molar-refractivity contribution >= 4 is 29.7 Å². The van der Waals surface area contributed by atoms with Gasteiger partial charge in [0, 0.05) is 24.7 Å². The van der Waals surface area contributed by atoms with Gasteiger partial charge in [-0.3, -0.25) is 19.2 Å². The van der Waals surface area contributed by atoms with Crippen molar-refractivity contribution in [2.45, 2.75) is 69.3 Å². The van der Waals surface area contributed by atoms with Crippen LogP contribution in [0.25, 0.3) is 0 Å². The van der Waals surface area contributed by atoms with Crippen LogP contribution in [0.2, 0.25) is 0 Å². The van der Waals surface area contributed by atoms with Gasteiger partial charge in [0.2, 0.25) is 17.7 Å². The molecular formula is C20H30N6O8. The molecular weight excluding hydrogens is 452 g/mol. The van der Waals surface area contributed by atoms with Gasteiger partial charge in [-0.2, -0.15) is 0 Å². The van der Waals surface area contributed by atoms with Crippen molar-refractivity contribution in [1.82, 2.24) is 31.2 Å². The van der Waals surface area contributed by atoms with Crippen molar-refractivity contribution in [2.24, 2.45) is 0 Å². The van der Waals surface area contributed by atoms with E-state index in [0.29, 0.717) is 18.7 Å². The van der Waals surface area contributed by atoms with E-state index in [1.54, 1.807) is 0 Å². The highest BCUT2D eigenvalue weighted by Gasteiger charge is 2.33. The smallest absolute Gasteiger partial charge is 0.328 e. The second-order valence-electron chi connectivity index (χ2n) is 8.05. The molecule has 0 radical (unpaired) electrons. The number of carbonyl (C=O) groups is 5. The van der Waals surface area contributed by atoms with E-state index in [0.717, 1.165) is 6.42 Å². The summed E-state index contributed by atoms with van der Waals surface area (Å²) >= 11 is 0. The summed E-state index contributed by atoms with van der Waals surface area (Å²) in [5, 5.41) is 38.1. The molecule has 34 heavy (non-hydrogen) atoms. The molecule has 0 aliphatic carbocycles. The molecule has 14 nitrogen and oxygen atoms in total. The van der Waals surface area contributed by atoms with Crippen molar-refractivity contribution in [3.8, 4) is 0 Å². The zero-order valence-corrected chi connectivity index (χ0v) is 18.6. The Morgan fingerprint density at radius 2 is 1.82 bits per heavy atom. The number of aliphatic hydroxyl groups is 1. The Hall–Kier alpha value is -3.52. The van der Waals surface area contributed by atoms with Crippen LogP contribution in [-0.4, -0.2) is 91.8 Å². The van der Waals surface area contributed by atoms with Gasteiger partial charge in [-0.1, -0.05) is 0 Å². The maximum atomic E-state index is 13.0. The van der Waals surface area contributed by atoms with Crippen molar-refractivity contribution in [3.05, 3.63) is 18.2 Å². The number of carboxylic acid groups (broad SMARTS) is 2. The summed E-state index contributed by atoms with van der Waals surface area (Å²) in [6.45, 7) is 1.83. The number of rotatable bonds is 13. The lowest BCUT2D eigenvalue weighted by atomic mass is 10.1. The van der Waals surface area contributed by atoms with Crippen molar-refractivity contribution in [1.29, 1.82) is 0 Å². The van der Waals surface area contributed by atoms with Gasteiger partial charge in [0.25, 0.3) is 0 Å². The average Bonchev–Trinajstić information content (AvgIpc) is 3.47. The van der Waals surface area contributed by atoms with E-state index < -0.39 is 66.4 Å². The Morgan fingerprint density at radius 3 is 2.35 bits per heavy atom. The number of imidazole rings is 1. The number of amides is 3. The minimum atomic E-state index is -1.62. The molecule has 1 saturated heterocycles. The molecule has 188 valence electrons. The maximum Gasteiger partial charge on any atom is 0.328 e. The lowest BCUT2D eigenvalue weighted by Crippen LogP contribution is -2.58. The van der Waals surface area contributed by atoms with Gasteiger partial charge in [-0.25, -0.2) is 9.78 Å². The SMILES string of the molecule is CC(O)C(NC(=O)C(Cc1cnc[nH]1)NC(=O)C(CCC(=O)O)NC(=O)C1CCCN1)C(=O)O. The number of aromatic nitrogens is 2. The molecule has 1 fully saturated rings. The van der Waals surface area contributed by atoms with Crippen LogP contribution in [0.4, 0.5) is 0 Å². The third-order valence-electron chi connectivity index (χ3n) is 5.31. The zero-order chi connectivity index (χ0) is 25.3. The molecule has 1 aliphatic heterocycles. The minimum Gasteiger partial charge on any atom is -0.481 e. The van der Waals surface area contributed by atoms with Gasteiger partial charge >= 0.3 is 11.9 Å². The summed E-state index contributed by atoms with van der Waals surface area (Å²) in [7, 11) is 0. The van der Waals surface area contributed by atoms with Crippen LogP contribution in [0.5, 0.6) is 0 Å². The van der Waals surface area contributed by atoms with E-state index in [4.69, 9.17) is 5.11 Å². The third-order valence-corrected chi connectivity index (χ3v) is 5.31. The number of hydrogen-bond donors (Lipinski definition) is 8. The second kappa shape index (κ2) is 12.6. The largest absolute Gasteiger partial charge is 0.481 e. The minimum absolute atomic E-state index is 0.104. The molecule has 8 N–H and O–H groups in total. The van der Waals surface area contributed by atoms with E-state index in [9.17, 15) is 34.2 Å². The Kier molecular flexibility index (Phi) is 9.94. The van der Waals surface area contributed by atoms with Crippen LogP contribution in [0.1, 0.15) is 38.3 Å². The Bertz CT molecular complexity index is 868. The highest BCUT2D eigenvalue weighted by atomic mass is 16.4. The van der Waals surface area contributed by atoms with E-state index in [1.165, 1.54) is 19.4 Å². The van der Waals surface area contributed by atoms with Crippen LogP contribution in [-0.2, 0) is 30.4 Å². The Labute approximate surface area is 194 Å². The zero-order valence-electron chi connectivity index (χ0n) is 18.6. The highest BCUT2D eigenvalue weighted by molar-refractivity contribution is 5.94. The molecule has 0 saturated carbocycles. The molecule has 5 atom stereocenters. The first-order chi connectivity index (χ1) is 16.1. The number of nitrogens with one attached hydrogen (secondary N) is 5. The number of aliphatic hydroxyl groups excluding tert-OH is 1. The quantitative estimate of drug-likeness (QED) is 0.147. The molecule has 14 heteroatoms. The predicted octanol–water partition coefficient (Wildman–Crippen LogP) is -2.51. The van der Waals surface area contributed by atoms with Crippen LogP contribution in [0.15, 0.2) is 12.5 Å². The van der Waals surface area contributed by atoms with E-state index in [2.05, 4.69) is 31.2 Å². The summed E-state index contributed by atoms with van der Waals surface area (Å²) < 4.78 is 0. The normalized spacial score (nSPS) is 18.8. The number of carboxylic acids is 2. The summed E-state index contributed by atoms with van der Waals surface area (Å²) in [6, 6.07) is -4.67. The molecule has 2 rings (SSSR count). The van der Waals surface area contributed by atoms with Gasteiger partial charge in [0.05, 0.1) is 18.5 Å². The average molecular weight is 482 g/mol. The van der Waals surface area contributed by atoms with E-state index in [-0.39, 0.29) is 12.8 Å². The van der Waals surface area contributed by atoms with Crippen molar-refractivity contribution in [2.75, 3.05) is 6.54 Å². The first kappa shape index (κ1) is 26.7. The molecule has 0 bridgehead atoms. The van der Waals surface area contributed by atoms with Gasteiger partial charge in [-0.15, -0.1) is 0 Å². The number of nitrogens with zero attached hydrogens (tertiary/aromatic N) is 1. The predicted molar refractivity (Wildman–Crippen MR) is 115 cm³/mol. The van der Waals surface area contributed by atoms with Crippen LogP contribution in [0, 0.1) is 0 Å². The van der Waals surface area contributed by atoms with Crippen LogP contribution in [0.3, 0.4) is 0 Å². The number of hydrogen-bond acceptors (Lipinski definition) is 8. The van der Waals surface area contributed by atoms with Crippen molar-refractivity contribution < 1.29 is 39.3 Å². The lowest BCUT2D eigenvalue weighted by Gasteiger charge is -2.25. The number of aromatic amines is 1. The Balaban J connectivity index is 2.17. The summed E-state index contributed by atoms with van der Waals surface area (Å²) in [5.74, 6) is -4.80. The molecule has 1 aliphatic rings. The fourth-order valence-electron chi connectivity index (χ4n) is 3.46. The highest BCUT2D eigenvalue weighted by Crippen LogP contribution is 2.08. The number of carbonyl (C=O) groups excluding carboxylic acids is 3. The molecule has 3 amide bonds.